The standard InChI is InChI=1S/C23H26NO4S2/c1-24(13-14-27-18-7-3-2-4-8-18)12-11-19(17-24)28-22(25)23(26,20-9-5-15-29-20)21-10-6-16-30-21/h2-10,15-16,19,26H,11-14,17H2,1H3/q+1/t19-,24?/m0/s1. The molecule has 2 atom stereocenters. The molecule has 1 N–H and O–H groups in total. The number of likely N-dealkylation sites (N-methyl/N-ethyl adjacent to an activating group) is 1. The van der Waals surface area contributed by atoms with E-state index in [0.717, 1.165) is 36.3 Å². The maximum absolute atomic E-state index is 13.1. The zero-order valence-corrected chi connectivity index (χ0v) is 18.5. The molecular formula is C23H26NO4S2+. The highest BCUT2D eigenvalue weighted by atomic mass is 32.1. The van der Waals surface area contributed by atoms with Gasteiger partial charge in [-0.15, -0.1) is 22.7 Å². The van der Waals surface area contributed by atoms with Gasteiger partial charge in [-0.2, -0.15) is 0 Å². The van der Waals surface area contributed by atoms with Crippen LogP contribution in [0.3, 0.4) is 0 Å². The number of thiophene rings is 2. The second kappa shape index (κ2) is 8.89. The summed E-state index contributed by atoms with van der Waals surface area (Å²) in [5.74, 6) is 0.273. The highest BCUT2D eigenvalue weighted by molar-refractivity contribution is 7.12. The Morgan fingerprint density at radius 1 is 1.10 bits per heavy atom. The highest BCUT2D eigenvalue weighted by Gasteiger charge is 2.46. The fourth-order valence-electron chi connectivity index (χ4n) is 3.86. The maximum Gasteiger partial charge on any atom is 0.349 e. The monoisotopic (exact) mass is 444 g/mol. The first-order valence-electron chi connectivity index (χ1n) is 10.0. The molecule has 1 unspecified atom stereocenters. The first-order chi connectivity index (χ1) is 14.5. The van der Waals surface area contributed by atoms with Crippen LogP contribution in [0, 0.1) is 0 Å². The van der Waals surface area contributed by atoms with Gasteiger partial charge in [-0.3, -0.25) is 0 Å². The lowest BCUT2D eigenvalue weighted by Crippen LogP contribution is -2.46. The minimum Gasteiger partial charge on any atom is -0.488 e. The average Bonchev–Trinajstić information content (AvgIpc) is 3.51. The van der Waals surface area contributed by atoms with Gasteiger partial charge in [0.15, 0.2) is 6.10 Å². The lowest BCUT2D eigenvalue weighted by Gasteiger charge is -2.30. The number of carbonyl (C=O) groups is 1. The van der Waals surface area contributed by atoms with Gasteiger partial charge in [0, 0.05) is 6.42 Å². The lowest BCUT2D eigenvalue weighted by molar-refractivity contribution is -0.898. The fourth-order valence-corrected chi connectivity index (χ4v) is 5.57. The smallest absolute Gasteiger partial charge is 0.349 e. The summed E-state index contributed by atoms with van der Waals surface area (Å²) in [4.78, 5) is 14.3. The van der Waals surface area contributed by atoms with E-state index in [4.69, 9.17) is 9.47 Å². The minimum atomic E-state index is -1.75. The molecule has 0 saturated carbocycles. The number of hydrogen-bond acceptors (Lipinski definition) is 6. The first kappa shape index (κ1) is 21.1. The molecule has 2 aromatic heterocycles. The zero-order chi connectivity index (χ0) is 21.0. The van der Waals surface area contributed by atoms with Crippen LogP contribution in [0.2, 0.25) is 0 Å². The first-order valence-corrected chi connectivity index (χ1v) is 11.8. The molecular weight excluding hydrogens is 418 g/mol. The maximum atomic E-state index is 13.1. The molecule has 1 fully saturated rings. The molecule has 158 valence electrons. The number of nitrogens with zero attached hydrogens (tertiary/aromatic N) is 1. The summed E-state index contributed by atoms with van der Waals surface area (Å²) in [6, 6.07) is 17.0. The van der Waals surface area contributed by atoms with E-state index in [1.807, 2.05) is 53.2 Å². The van der Waals surface area contributed by atoms with Crippen molar-refractivity contribution < 1.29 is 23.9 Å². The fraction of sp³-hybridized carbons (Fsp3) is 0.348. The molecule has 1 aliphatic rings. The third-order valence-electron chi connectivity index (χ3n) is 5.60. The van der Waals surface area contributed by atoms with Crippen LogP contribution >= 0.6 is 22.7 Å². The average molecular weight is 445 g/mol. The van der Waals surface area contributed by atoms with E-state index in [1.54, 1.807) is 12.1 Å². The molecule has 1 aliphatic heterocycles. The van der Waals surface area contributed by atoms with Crippen LogP contribution in [0.15, 0.2) is 65.4 Å². The van der Waals surface area contributed by atoms with Crippen molar-refractivity contribution in [2.45, 2.75) is 18.1 Å². The predicted molar refractivity (Wildman–Crippen MR) is 119 cm³/mol. The van der Waals surface area contributed by atoms with Crippen LogP contribution in [0.4, 0.5) is 0 Å². The summed E-state index contributed by atoms with van der Waals surface area (Å²) < 4.78 is 12.5. The Bertz CT molecular complexity index is 909. The van der Waals surface area contributed by atoms with Crippen molar-refractivity contribution in [2.75, 3.05) is 33.3 Å². The normalized spacial score (nSPS) is 21.5. The van der Waals surface area contributed by atoms with E-state index >= 15 is 0 Å². The molecule has 30 heavy (non-hydrogen) atoms. The zero-order valence-electron chi connectivity index (χ0n) is 16.9. The predicted octanol–water partition coefficient (Wildman–Crippen LogP) is 3.89. The quantitative estimate of drug-likeness (QED) is 0.423. The Balaban J connectivity index is 1.37. The number of benzene rings is 1. The largest absolute Gasteiger partial charge is 0.488 e. The topological polar surface area (TPSA) is 55.8 Å². The molecule has 0 aliphatic carbocycles. The number of aliphatic hydroxyl groups is 1. The van der Waals surface area contributed by atoms with Crippen molar-refractivity contribution in [2.24, 2.45) is 0 Å². The van der Waals surface area contributed by atoms with Crippen molar-refractivity contribution in [1.29, 1.82) is 0 Å². The van der Waals surface area contributed by atoms with Crippen LogP contribution in [0.5, 0.6) is 5.75 Å². The number of carbonyl (C=O) groups excluding carboxylic acids is 1. The van der Waals surface area contributed by atoms with Gasteiger partial charge in [-0.1, -0.05) is 30.3 Å². The lowest BCUT2D eigenvalue weighted by atomic mass is 10.00. The Labute approximate surface area is 184 Å². The van der Waals surface area contributed by atoms with Crippen molar-refractivity contribution in [3.8, 4) is 5.75 Å². The van der Waals surface area contributed by atoms with E-state index < -0.39 is 11.6 Å². The minimum absolute atomic E-state index is 0.217. The number of rotatable bonds is 8. The van der Waals surface area contributed by atoms with Crippen LogP contribution in [-0.2, 0) is 15.1 Å². The van der Waals surface area contributed by atoms with Crippen molar-refractivity contribution in [1.82, 2.24) is 0 Å². The van der Waals surface area contributed by atoms with E-state index in [0.29, 0.717) is 16.4 Å². The molecule has 0 amide bonds. The summed E-state index contributed by atoms with van der Waals surface area (Å²) in [6.07, 6.45) is 0.559. The van der Waals surface area contributed by atoms with E-state index in [2.05, 4.69) is 7.05 Å². The van der Waals surface area contributed by atoms with Crippen LogP contribution in [-0.4, -0.2) is 55.0 Å². The molecule has 1 saturated heterocycles. The SMILES string of the molecule is C[N+]1(CCOc2ccccc2)CC[C@H](OC(=O)C(O)(c2cccs2)c2cccs2)C1. The highest BCUT2D eigenvalue weighted by Crippen LogP contribution is 2.37. The molecule has 1 aromatic carbocycles. The number of para-hydroxylation sites is 1. The Kier molecular flexibility index (Phi) is 6.24. The Morgan fingerprint density at radius 2 is 1.77 bits per heavy atom. The van der Waals surface area contributed by atoms with Crippen molar-refractivity contribution in [3.05, 3.63) is 75.1 Å². The van der Waals surface area contributed by atoms with Gasteiger partial charge in [-0.25, -0.2) is 4.79 Å². The van der Waals surface area contributed by atoms with Crippen LogP contribution in [0.1, 0.15) is 16.2 Å². The summed E-state index contributed by atoms with van der Waals surface area (Å²) >= 11 is 2.72. The molecule has 3 aromatic rings. The van der Waals surface area contributed by atoms with Crippen LogP contribution in [0.25, 0.3) is 0 Å². The molecule has 3 heterocycles. The van der Waals surface area contributed by atoms with Crippen LogP contribution < -0.4 is 4.74 Å². The Morgan fingerprint density at radius 3 is 2.37 bits per heavy atom. The third-order valence-corrected chi connectivity index (χ3v) is 7.56. The van der Waals surface area contributed by atoms with E-state index in [9.17, 15) is 9.90 Å². The van der Waals surface area contributed by atoms with Gasteiger partial charge in [-0.05, 0) is 35.0 Å². The van der Waals surface area contributed by atoms with E-state index in [-0.39, 0.29) is 6.10 Å². The molecule has 0 bridgehead atoms. The van der Waals surface area contributed by atoms with Crippen molar-refractivity contribution in [3.63, 3.8) is 0 Å². The van der Waals surface area contributed by atoms with Gasteiger partial charge in [0.05, 0.1) is 23.3 Å². The number of likely N-dealkylation sites (tertiary alicyclic amines) is 1. The summed E-state index contributed by atoms with van der Waals surface area (Å²) in [5.41, 5.74) is -1.75. The number of hydrogen-bond donors (Lipinski definition) is 1. The number of esters is 1. The second-order valence-electron chi connectivity index (χ2n) is 7.89. The van der Waals surface area contributed by atoms with Gasteiger partial charge < -0.3 is 19.1 Å². The summed E-state index contributed by atoms with van der Waals surface area (Å²) in [6.45, 7) is 3.07. The second-order valence-corrected chi connectivity index (χ2v) is 9.79. The summed E-state index contributed by atoms with van der Waals surface area (Å²) in [5, 5.41) is 15.1. The van der Waals surface area contributed by atoms with Gasteiger partial charge in [0.2, 0.25) is 5.60 Å². The molecule has 4 rings (SSSR count). The molecule has 5 nitrogen and oxygen atoms in total. The van der Waals surface area contributed by atoms with E-state index in [1.165, 1.54) is 22.7 Å². The number of quaternary nitrogens is 1. The third kappa shape index (κ3) is 4.44. The molecule has 0 spiro atoms. The molecule has 7 heteroatoms. The Hall–Kier alpha value is -2.19. The van der Waals surface area contributed by atoms with Gasteiger partial charge >= 0.3 is 5.97 Å². The number of ether oxygens (including phenoxy) is 2. The van der Waals surface area contributed by atoms with Gasteiger partial charge in [0.1, 0.15) is 25.4 Å². The summed E-state index contributed by atoms with van der Waals surface area (Å²) in [7, 11) is 2.16. The molecule has 0 radical (unpaired) electrons. The van der Waals surface area contributed by atoms with Gasteiger partial charge in [0.25, 0.3) is 0 Å². The van der Waals surface area contributed by atoms with Crippen molar-refractivity contribution >= 4 is 28.6 Å².